The highest BCUT2D eigenvalue weighted by Gasteiger charge is 2.13. The van der Waals surface area contributed by atoms with Gasteiger partial charge in [0.25, 0.3) is 0 Å². The second kappa shape index (κ2) is 5.49. The summed E-state index contributed by atoms with van der Waals surface area (Å²) in [6, 6.07) is 16.2. The molecule has 0 amide bonds. The lowest BCUT2D eigenvalue weighted by Crippen LogP contribution is -2.02. The molecule has 0 unspecified atom stereocenters. The highest BCUT2D eigenvalue weighted by atomic mass is 16.4. The molecular weight excluding hydrogens is 320 g/mol. The van der Waals surface area contributed by atoms with Crippen LogP contribution in [0.25, 0.3) is 33.1 Å². The smallest absolute Gasteiger partial charge is 0.335 e. The number of hydrogen-bond donors (Lipinski definition) is 2. The SMILES string of the molecule is O=C(O)c1ccc(-c2cc(O)c3c(=O)c4ccccc4oc3c2)cc1. The number of fused-ring (bicyclic) bond motifs is 2. The van der Waals surface area contributed by atoms with Crippen molar-refractivity contribution in [3.8, 4) is 16.9 Å². The van der Waals surface area contributed by atoms with Crippen LogP contribution >= 0.6 is 0 Å². The normalized spacial score (nSPS) is 11.0. The summed E-state index contributed by atoms with van der Waals surface area (Å²) in [5, 5.41) is 19.9. The van der Waals surface area contributed by atoms with Crippen molar-refractivity contribution in [2.45, 2.75) is 0 Å². The molecule has 0 spiro atoms. The van der Waals surface area contributed by atoms with Gasteiger partial charge in [-0.1, -0.05) is 24.3 Å². The van der Waals surface area contributed by atoms with Gasteiger partial charge < -0.3 is 14.6 Å². The number of carboxylic acids is 1. The van der Waals surface area contributed by atoms with Crippen LogP contribution < -0.4 is 5.43 Å². The van der Waals surface area contributed by atoms with Crippen molar-refractivity contribution in [3.63, 3.8) is 0 Å². The first kappa shape index (κ1) is 15.0. The van der Waals surface area contributed by atoms with Gasteiger partial charge in [0.2, 0.25) is 5.43 Å². The van der Waals surface area contributed by atoms with Crippen molar-refractivity contribution < 1.29 is 19.4 Å². The van der Waals surface area contributed by atoms with Crippen LogP contribution in [0.1, 0.15) is 10.4 Å². The zero-order valence-corrected chi connectivity index (χ0v) is 12.9. The Kier molecular flexibility index (Phi) is 3.28. The van der Waals surface area contributed by atoms with E-state index in [1.54, 1.807) is 42.5 Å². The Bertz CT molecular complexity index is 1190. The third-order valence-electron chi connectivity index (χ3n) is 4.13. The number of carbonyl (C=O) groups is 1. The largest absolute Gasteiger partial charge is 0.507 e. The number of aromatic carboxylic acids is 1. The number of phenols is 1. The van der Waals surface area contributed by atoms with Crippen LogP contribution in [0.4, 0.5) is 0 Å². The van der Waals surface area contributed by atoms with Crippen LogP contribution in [0.2, 0.25) is 0 Å². The summed E-state index contributed by atoms with van der Waals surface area (Å²) < 4.78 is 5.78. The second-order valence-corrected chi connectivity index (χ2v) is 5.68. The number of hydrogen-bond acceptors (Lipinski definition) is 4. The summed E-state index contributed by atoms with van der Waals surface area (Å²) in [4.78, 5) is 23.5. The Morgan fingerprint density at radius 2 is 1.60 bits per heavy atom. The molecule has 0 aliphatic carbocycles. The van der Waals surface area contributed by atoms with E-state index in [1.807, 2.05) is 0 Å². The average molecular weight is 332 g/mol. The van der Waals surface area contributed by atoms with Crippen LogP contribution in [-0.2, 0) is 0 Å². The highest BCUT2D eigenvalue weighted by Crippen LogP contribution is 2.32. The predicted octanol–water partition coefficient (Wildman–Crippen LogP) is 4.02. The zero-order valence-electron chi connectivity index (χ0n) is 12.9. The summed E-state index contributed by atoms with van der Waals surface area (Å²) >= 11 is 0. The molecule has 0 radical (unpaired) electrons. The maximum absolute atomic E-state index is 12.6. The van der Waals surface area contributed by atoms with Crippen molar-refractivity contribution in [2.24, 2.45) is 0 Å². The second-order valence-electron chi connectivity index (χ2n) is 5.68. The van der Waals surface area contributed by atoms with Crippen LogP contribution in [0.5, 0.6) is 5.75 Å². The quantitative estimate of drug-likeness (QED) is 0.541. The third kappa shape index (κ3) is 2.42. The Balaban J connectivity index is 1.96. The monoisotopic (exact) mass is 332 g/mol. The molecule has 4 rings (SSSR count). The summed E-state index contributed by atoms with van der Waals surface area (Å²) in [6.45, 7) is 0. The summed E-state index contributed by atoms with van der Waals surface area (Å²) in [5.41, 5.74) is 1.94. The molecule has 5 nitrogen and oxygen atoms in total. The molecule has 25 heavy (non-hydrogen) atoms. The molecule has 1 heterocycles. The fourth-order valence-electron chi connectivity index (χ4n) is 2.88. The van der Waals surface area contributed by atoms with Crippen molar-refractivity contribution in [1.82, 2.24) is 0 Å². The van der Waals surface area contributed by atoms with Crippen molar-refractivity contribution in [1.29, 1.82) is 0 Å². The van der Waals surface area contributed by atoms with Gasteiger partial charge in [-0.3, -0.25) is 4.79 Å². The molecule has 5 heteroatoms. The van der Waals surface area contributed by atoms with E-state index in [-0.39, 0.29) is 27.7 Å². The third-order valence-corrected chi connectivity index (χ3v) is 4.13. The van der Waals surface area contributed by atoms with Gasteiger partial charge in [-0.2, -0.15) is 0 Å². The molecule has 0 atom stereocenters. The zero-order chi connectivity index (χ0) is 17.6. The molecule has 0 aliphatic heterocycles. The van der Waals surface area contributed by atoms with Crippen molar-refractivity contribution in [3.05, 3.63) is 76.5 Å². The molecular formula is C20H12O5. The fraction of sp³-hybridized carbons (Fsp3) is 0. The number of rotatable bonds is 2. The van der Waals surface area contributed by atoms with E-state index in [2.05, 4.69) is 0 Å². The first-order chi connectivity index (χ1) is 12.0. The minimum atomic E-state index is -1.01. The number of phenolic OH excluding ortho intramolecular Hbond substituents is 1. The molecule has 3 aromatic carbocycles. The van der Waals surface area contributed by atoms with Gasteiger partial charge in [0.15, 0.2) is 0 Å². The molecule has 0 fully saturated rings. The van der Waals surface area contributed by atoms with Crippen LogP contribution in [-0.4, -0.2) is 16.2 Å². The van der Waals surface area contributed by atoms with E-state index < -0.39 is 5.97 Å². The van der Waals surface area contributed by atoms with Gasteiger partial charge in [0, 0.05) is 0 Å². The van der Waals surface area contributed by atoms with Crippen LogP contribution in [0.3, 0.4) is 0 Å². The molecule has 2 N–H and O–H groups in total. The summed E-state index contributed by atoms with van der Waals surface area (Å²) in [6.07, 6.45) is 0. The molecule has 0 saturated carbocycles. The summed E-state index contributed by atoms with van der Waals surface area (Å²) in [5.74, 6) is -1.18. The van der Waals surface area contributed by atoms with E-state index in [0.717, 1.165) is 0 Å². The molecule has 1 aromatic heterocycles. The first-order valence-electron chi connectivity index (χ1n) is 7.57. The van der Waals surface area contributed by atoms with Crippen LogP contribution in [0.15, 0.2) is 69.9 Å². The van der Waals surface area contributed by atoms with Gasteiger partial charge in [-0.05, 0) is 47.5 Å². The number of para-hydroxylation sites is 1. The summed E-state index contributed by atoms with van der Waals surface area (Å²) in [7, 11) is 0. The lowest BCUT2D eigenvalue weighted by molar-refractivity contribution is 0.0697. The van der Waals surface area contributed by atoms with E-state index in [9.17, 15) is 14.7 Å². The van der Waals surface area contributed by atoms with Crippen molar-refractivity contribution >= 4 is 27.9 Å². The topological polar surface area (TPSA) is 87.7 Å². The van der Waals surface area contributed by atoms with Gasteiger partial charge in [0.1, 0.15) is 22.3 Å². The van der Waals surface area contributed by atoms with E-state index in [1.165, 1.54) is 18.2 Å². The standard InChI is InChI=1S/C20H12O5/c21-15-9-13(11-5-7-12(8-6-11)20(23)24)10-17-18(15)19(22)14-3-1-2-4-16(14)25-17/h1-10,21H,(H,23,24). The van der Waals surface area contributed by atoms with E-state index in [0.29, 0.717) is 22.1 Å². The Hall–Kier alpha value is -3.60. The van der Waals surface area contributed by atoms with Gasteiger partial charge in [0.05, 0.1) is 10.9 Å². The van der Waals surface area contributed by atoms with Gasteiger partial charge >= 0.3 is 5.97 Å². The number of aromatic hydroxyl groups is 1. The van der Waals surface area contributed by atoms with Gasteiger partial charge in [-0.25, -0.2) is 4.79 Å². The van der Waals surface area contributed by atoms with Crippen molar-refractivity contribution in [2.75, 3.05) is 0 Å². The molecule has 0 saturated heterocycles. The maximum atomic E-state index is 12.6. The van der Waals surface area contributed by atoms with Crippen LogP contribution in [0, 0.1) is 0 Å². The molecule has 4 aromatic rings. The molecule has 0 bridgehead atoms. The van der Waals surface area contributed by atoms with E-state index >= 15 is 0 Å². The predicted molar refractivity (Wildman–Crippen MR) is 94.1 cm³/mol. The Morgan fingerprint density at radius 3 is 2.32 bits per heavy atom. The fourth-order valence-corrected chi connectivity index (χ4v) is 2.88. The lowest BCUT2D eigenvalue weighted by Gasteiger charge is -2.07. The maximum Gasteiger partial charge on any atom is 0.335 e. The lowest BCUT2D eigenvalue weighted by atomic mass is 10.0. The Labute approximate surface area is 141 Å². The van der Waals surface area contributed by atoms with Gasteiger partial charge in [-0.15, -0.1) is 0 Å². The minimum absolute atomic E-state index is 0.129. The first-order valence-corrected chi connectivity index (χ1v) is 7.57. The molecule has 122 valence electrons. The Morgan fingerprint density at radius 1 is 0.880 bits per heavy atom. The number of benzene rings is 3. The number of carboxylic acid groups (broad SMARTS) is 1. The molecule has 0 aliphatic rings. The highest BCUT2D eigenvalue weighted by molar-refractivity contribution is 5.95. The average Bonchev–Trinajstić information content (AvgIpc) is 2.61. The van der Waals surface area contributed by atoms with E-state index in [4.69, 9.17) is 9.52 Å². The minimum Gasteiger partial charge on any atom is -0.507 e.